The number of aromatic hydroxyl groups is 1. The van der Waals surface area contributed by atoms with Gasteiger partial charge in [-0.25, -0.2) is 13.2 Å². The normalized spacial score (nSPS) is 23.6. The van der Waals surface area contributed by atoms with Gasteiger partial charge in [-0.15, -0.1) is 6.42 Å². The Morgan fingerprint density at radius 3 is 2.69 bits per heavy atom. The molecule has 252 valence electrons. The summed E-state index contributed by atoms with van der Waals surface area (Å²) in [4.78, 5) is 16.4. The molecule has 49 heavy (non-hydrogen) atoms. The number of rotatable bonds is 5. The number of halogens is 3. The minimum Gasteiger partial charge on any atom is -0.508 e. The molecular formula is C37H36F3N7O2. The van der Waals surface area contributed by atoms with Crippen molar-refractivity contribution >= 4 is 38.4 Å². The minimum atomic E-state index is -0.925. The fraction of sp³-hybridized carbons (Fsp3) is 0.432. The van der Waals surface area contributed by atoms with Crippen LogP contribution in [0.4, 0.5) is 19.0 Å². The van der Waals surface area contributed by atoms with E-state index < -0.39 is 23.3 Å². The van der Waals surface area contributed by atoms with Crippen LogP contribution in [-0.4, -0.2) is 98.3 Å². The van der Waals surface area contributed by atoms with Crippen molar-refractivity contribution in [2.24, 2.45) is 7.05 Å². The van der Waals surface area contributed by atoms with Gasteiger partial charge in [0.1, 0.15) is 41.2 Å². The number of hydrogen-bond donors (Lipinski definition) is 1. The number of phenolic OH excluding ortho intramolecular Hbond substituents is 1. The molecule has 0 unspecified atom stereocenters. The average Bonchev–Trinajstić information content (AvgIpc) is 3.41. The molecule has 5 heterocycles. The molecule has 1 saturated carbocycles. The van der Waals surface area contributed by atoms with Crippen molar-refractivity contribution in [3.63, 3.8) is 0 Å². The van der Waals surface area contributed by atoms with Crippen molar-refractivity contribution in [2.45, 2.75) is 49.4 Å². The number of benzene rings is 3. The zero-order chi connectivity index (χ0) is 33.8. The number of nitrogens with zero attached hydrogens (tertiary/aromatic N) is 7. The lowest BCUT2D eigenvalue weighted by Gasteiger charge is -2.41. The highest BCUT2D eigenvalue weighted by molar-refractivity contribution is 6.18. The summed E-state index contributed by atoms with van der Waals surface area (Å²) in [6, 6.07) is 5.61. The lowest BCUT2D eigenvalue weighted by Crippen LogP contribution is -2.53. The van der Waals surface area contributed by atoms with Crippen molar-refractivity contribution in [3.8, 4) is 35.2 Å². The number of likely N-dealkylation sites (N-methyl/N-ethyl adjacent to an activating group) is 1. The third-order valence-corrected chi connectivity index (χ3v) is 11.5. The third-order valence-electron chi connectivity index (χ3n) is 11.5. The summed E-state index contributed by atoms with van der Waals surface area (Å²) in [5, 5.41) is 17.3. The lowest BCUT2D eigenvalue weighted by atomic mass is 9.91. The highest BCUT2D eigenvalue weighted by Crippen LogP contribution is 2.48. The minimum absolute atomic E-state index is 0.0130. The average molecular weight is 668 g/mol. The SMILES string of the molecule is C#Cc1c(F)ccc2cc(O)cc(-c3c(F)c4nc(OC[C@@]56CCCN5C[C@H](F)C6)nc(N5CCN(C)C6(CC6)C5)c4c4cn(C)nc34)c12. The first kappa shape index (κ1) is 30.5. The number of ether oxygens (including phenoxy) is 1. The fourth-order valence-electron chi connectivity index (χ4n) is 8.79. The summed E-state index contributed by atoms with van der Waals surface area (Å²) in [6.45, 7) is 3.57. The van der Waals surface area contributed by atoms with Gasteiger partial charge in [0.25, 0.3) is 0 Å². The number of hydrogen-bond acceptors (Lipinski definition) is 8. The van der Waals surface area contributed by atoms with Crippen LogP contribution in [-0.2, 0) is 7.05 Å². The molecule has 5 aromatic rings. The molecule has 12 heteroatoms. The van der Waals surface area contributed by atoms with Gasteiger partial charge in [0, 0.05) is 67.7 Å². The standard InChI is InChI=1S/C37H36F3N7O2/c1-4-24-27(39)7-6-21-14-23(48)15-25(28(21)24)29-31(40)33-30(26-18-45(3)43-32(26)29)34(46-13-12-44(2)36(19-46)9-10-36)42-35(41-33)49-20-37-8-5-11-47(37)17-22(38)16-37/h1,6-7,14-15,18,22,48H,5,8-13,16-17,19-20H2,2-3H3/t22-,37+/m1/s1. The highest BCUT2D eigenvalue weighted by atomic mass is 19.1. The lowest BCUT2D eigenvalue weighted by molar-refractivity contribution is 0.107. The van der Waals surface area contributed by atoms with Gasteiger partial charge in [0.2, 0.25) is 0 Å². The highest BCUT2D eigenvalue weighted by Gasteiger charge is 2.51. The molecule has 4 fully saturated rings. The molecule has 2 atom stereocenters. The number of aryl methyl sites for hydroxylation is 1. The molecule has 3 saturated heterocycles. The summed E-state index contributed by atoms with van der Waals surface area (Å²) >= 11 is 0. The Bertz CT molecular complexity index is 2250. The maximum atomic E-state index is 17.5. The number of phenols is 1. The van der Waals surface area contributed by atoms with Gasteiger partial charge in [-0.2, -0.15) is 15.1 Å². The second-order valence-electron chi connectivity index (χ2n) is 14.4. The summed E-state index contributed by atoms with van der Waals surface area (Å²) in [5.41, 5.74) is 0.101. The van der Waals surface area contributed by atoms with E-state index in [0.29, 0.717) is 53.5 Å². The number of terminal acetylenes is 1. The molecule has 2 aromatic heterocycles. The van der Waals surface area contributed by atoms with E-state index in [2.05, 4.69) is 27.7 Å². The number of aromatic nitrogens is 4. The number of anilines is 1. The molecule has 1 spiro atoms. The van der Waals surface area contributed by atoms with Crippen LogP contribution < -0.4 is 9.64 Å². The second-order valence-corrected chi connectivity index (χ2v) is 14.4. The van der Waals surface area contributed by atoms with Crippen LogP contribution in [0.3, 0.4) is 0 Å². The van der Waals surface area contributed by atoms with Gasteiger partial charge in [-0.3, -0.25) is 14.5 Å². The molecule has 1 aliphatic carbocycles. The van der Waals surface area contributed by atoms with Crippen LogP contribution >= 0.6 is 0 Å². The van der Waals surface area contributed by atoms with E-state index in [4.69, 9.17) is 26.2 Å². The monoisotopic (exact) mass is 667 g/mol. The predicted molar refractivity (Wildman–Crippen MR) is 182 cm³/mol. The van der Waals surface area contributed by atoms with E-state index in [1.165, 1.54) is 24.3 Å². The Hall–Kier alpha value is -4.60. The van der Waals surface area contributed by atoms with E-state index >= 15 is 8.78 Å². The Labute approximate surface area is 281 Å². The van der Waals surface area contributed by atoms with Gasteiger partial charge in [-0.05, 0) is 68.4 Å². The molecule has 1 N–H and O–H groups in total. The third kappa shape index (κ3) is 4.58. The quantitative estimate of drug-likeness (QED) is 0.245. The molecule has 0 radical (unpaired) electrons. The van der Waals surface area contributed by atoms with Crippen molar-refractivity contribution < 1.29 is 23.0 Å². The van der Waals surface area contributed by atoms with Crippen molar-refractivity contribution in [3.05, 3.63) is 47.7 Å². The van der Waals surface area contributed by atoms with Crippen LogP contribution in [0.15, 0.2) is 30.5 Å². The summed E-state index contributed by atoms with van der Waals surface area (Å²) in [6.07, 6.45) is 10.9. The number of fused-ring (bicyclic) bond motifs is 5. The van der Waals surface area contributed by atoms with E-state index in [9.17, 15) is 9.50 Å². The van der Waals surface area contributed by atoms with Crippen molar-refractivity contribution in [1.82, 2.24) is 29.5 Å². The number of piperazine rings is 1. The zero-order valence-electron chi connectivity index (χ0n) is 27.4. The van der Waals surface area contributed by atoms with Gasteiger partial charge in [0.15, 0.2) is 5.82 Å². The Morgan fingerprint density at radius 2 is 1.90 bits per heavy atom. The van der Waals surface area contributed by atoms with E-state index in [-0.39, 0.29) is 51.5 Å². The Balaban J connectivity index is 1.29. The predicted octanol–water partition coefficient (Wildman–Crippen LogP) is 5.54. The smallest absolute Gasteiger partial charge is 0.319 e. The van der Waals surface area contributed by atoms with E-state index in [0.717, 1.165) is 38.8 Å². The second kappa shape index (κ2) is 10.7. The topological polar surface area (TPSA) is 82.8 Å². The van der Waals surface area contributed by atoms with Crippen molar-refractivity contribution in [2.75, 3.05) is 51.3 Å². The maximum Gasteiger partial charge on any atom is 0.319 e. The first-order valence-corrected chi connectivity index (χ1v) is 16.9. The van der Waals surface area contributed by atoms with Crippen LogP contribution in [0.1, 0.15) is 37.7 Å². The van der Waals surface area contributed by atoms with Gasteiger partial charge < -0.3 is 14.7 Å². The van der Waals surface area contributed by atoms with Gasteiger partial charge in [0.05, 0.1) is 16.5 Å². The number of alkyl halides is 1. The summed E-state index contributed by atoms with van der Waals surface area (Å²) < 4.78 is 55.3. The molecule has 9 nitrogen and oxygen atoms in total. The first-order chi connectivity index (χ1) is 23.6. The zero-order valence-corrected chi connectivity index (χ0v) is 27.4. The Kier molecular flexibility index (Phi) is 6.65. The van der Waals surface area contributed by atoms with Crippen LogP contribution in [0.5, 0.6) is 11.8 Å². The molecule has 3 aliphatic heterocycles. The molecule has 3 aromatic carbocycles. The van der Waals surface area contributed by atoms with Crippen LogP contribution in [0, 0.1) is 24.0 Å². The van der Waals surface area contributed by atoms with Crippen LogP contribution in [0.25, 0.3) is 43.7 Å². The molecule has 9 rings (SSSR count). The van der Waals surface area contributed by atoms with Crippen molar-refractivity contribution in [1.29, 1.82) is 0 Å². The van der Waals surface area contributed by atoms with E-state index in [1.807, 2.05) is 0 Å². The van der Waals surface area contributed by atoms with Gasteiger partial charge in [-0.1, -0.05) is 12.0 Å². The summed E-state index contributed by atoms with van der Waals surface area (Å²) in [7, 11) is 3.89. The molecule has 4 aliphatic rings. The first-order valence-electron chi connectivity index (χ1n) is 16.9. The summed E-state index contributed by atoms with van der Waals surface area (Å²) in [5.74, 6) is 1.50. The Morgan fingerprint density at radius 1 is 1.06 bits per heavy atom. The fourth-order valence-corrected chi connectivity index (χ4v) is 8.79. The van der Waals surface area contributed by atoms with Crippen LogP contribution in [0.2, 0.25) is 0 Å². The molecule has 0 amide bonds. The molecular weight excluding hydrogens is 631 g/mol. The van der Waals surface area contributed by atoms with E-state index in [1.54, 1.807) is 17.9 Å². The molecule has 0 bridgehead atoms. The maximum absolute atomic E-state index is 17.5. The largest absolute Gasteiger partial charge is 0.508 e. The van der Waals surface area contributed by atoms with Gasteiger partial charge >= 0.3 is 6.01 Å².